The van der Waals surface area contributed by atoms with E-state index in [9.17, 15) is 14.9 Å². The van der Waals surface area contributed by atoms with Crippen molar-refractivity contribution in [1.82, 2.24) is 5.32 Å². The minimum absolute atomic E-state index is 0.0132. The van der Waals surface area contributed by atoms with Crippen LogP contribution in [0.4, 0.5) is 11.4 Å². The number of carbonyl (C=O) groups is 1. The van der Waals surface area contributed by atoms with E-state index in [1.54, 1.807) is 24.3 Å². The van der Waals surface area contributed by atoms with E-state index in [0.717, 1.165) is 12.8 Å². The predicted molar refractivity (Wildman–Crippen MR) is 97.2 cm³/mol. The number of piperidine rings is 1. The van der Waals surface area contributed by atoms with Crippen molar-refractivity contribution in [1.29, 1.82) is 0 Å². The molecular weight excluding hydrogens is 342 g/mol. The zero-order valence-corrected chi connectivity index (χ0v) is 14.3. The van der Waals surface area contributed by atoms with Crippen molar-refractivity contribution in [3.8, 4) is 0 Å². The Balaban J connectivity index is 1.63. The molecule has 0 unspecified atom stereocenters. The van der Waals surface area contributed by atoms with Crippen LogP contribution in [0.5, 0.6) is 0 Å². The standard InChI is InChI=1S/C18H18ClN3O3/c19-14-6-7-16(17(12-14)22(24)25)21-10-8-15(9-11-21)20-18(23)13-4-2-1-3-5-13/h1-7,12,15H,8-11H2,(H,20,23). The summed E-state index contributed by atoms with van der Waals surface area (Å²) in [6, 6.07) is 13.9. The number of benzene rings is 2. The molecule has 0 saturated carbocycles. The maximum Gasteiger partial charge on any atom is 0.294 e. The van der Waals surface area contributed by atoms with Crippen molar-refractivity contribution in [3.05, 3.63) is 69.2 Å². The third-order valence-electron chi connectivity index (χ3n) is 4.34. The SMILES string of the molecule is O=C(NC1CCN(c2ccc(Cl)cc2[N+](=O)[O-])CC1)c1ccccc1. The van der Waals surface area contributed by atoms with Crippen molar-refractivity contribution < 1.29 is 9.72 Å². The van der Waals surface area contributed by atoms with Crippen molar-refractivity contribution in [3.63, 3.8) is 0 Å². The third-order valence-corrected chi connectivity index (χ3v) is 4.58. The Hall–Kier alpha value is -2.60. The summed E-state index contributed by atoms with van der Waals surface area (Å²) in [5.74, 6) is -0.0866. The number of halogens is 1. The first kappa shape index (κ1) is 17.2. The van der Waals surface area contributed by atoms with Crippen LogP contribution in [0, 0.1) is 10.1 Å². The van der Waals surface area contributed by atoms with E-state index in [2.05, 4.69) is 5.32 Å². The maximum absolute atomic E-state index is 12.2. The lowest BCUT2D eigenvalue weighted by atomic mass is 10.0. The molecule has 1 fully saturated rings. The molecule has 1 saturated heterocycles. The number of anilines is 1. The molecule has 1 heterocycles. The normalized spacial score (nSPS) is 15.0. The molecule has 0 aromatic heterocycles. The fourth-order valence-corrected chi connectivity index (χ4v) is 3.20. The summed E-state index contributed by atoms with van der Waals surface area (Å²) < 4.78 is 0. The molecule has 0 atom stereocenters. The molecule has 0 aliphatic carbocycles. The smallest absolute Gasteiger partial charge is 0.294 e. The first-order valence-corrected chi connectivity index (χ1v) is 8.47. The van der Waals surface area contributed by atoms with Gasteiger partial charge in [0, 0.05) is 35.8 Å². The van der Waals surface area contributed by atoms with Gasteiger partial charge >= 0.3 is 0 Å². The van der Waals surface area contributed by atoms with E-state index in [0.29, 0.717) is 29.4 Å². The fourth-order valence-electron chi connectivity index (χ4n) is 3.03. The number of carbonyl (C=O) groups excluding carboxylic acids is 1. The molecule has 2 aromatic carbocycles. The van der Waals surface area contributed by atoms with Crippen LogP contribution >= 0.6 is 11.6 Å². The molecule has 1 aliphatic heterocycles. The van der Waals surface area contributed by atoms with Crippen LogP contribution in [0.3, 0.4) is 0 Å². The summed E-state index contributed by atoms with van der Waals surface area (Å²) in [4.78, 5) is 25.0. The van der Waals surface area contributed by atoms with Gasteiger partial charge in [0.1, 0.15) is 5.69 Å². The van der Waals surface area contributed by atoms with Crippen LogP contribution in [0.15, 0.2) is 48.5 Å². The van der Waals surface area contributed by atoms with Gasteiger partial charge in [-0.25, -0.2) is 0 Å². The second kappa shape index (κ2) is 7.53. The summed E-state index contributed by atoms with van der Waals surface area (Å²) in [6.45, 7) is 1.28. The number of nitrogens with zero attached hydrogens (tertiary/aromatic N) is 2. The summed E-state index contributed by atoms with van der Waals surface area (Å²) in [5, 5.41) is 14.6. The molecule has 2 aromatic rings. The third kappa shape index (κ3) is 4.09. The molecule has 0 spiro atoms. The number of nitro groups is 1. The van der Waals surface area contributed by atoms with Gasteiger partial charge in [0.25, 0.3) is 11.6 Å². The van der Waals surface area contributed by atoms with Crippen molar-refractivity contribution in [2.75, 3.05) is 18.0 Å². The Morgan fingerprint density at radius 1 is 1.16 bits per heavy atom. The van der Waals surface area contributed by atoms with Gasteiger partial charge in [0.2, 0.25) is 0 Å². The van der Waals surface area contributed by atoms with Crippen LogP contribution in [-0.4, -0.2) is 30.0 Å². The molecule has 1 N–H and O–H groups in total. The quantitative estimate of drug-likeness (QED) is 0.667. The molecule has 1 aliphatic rings. The van der Waals surface area contributed by atoms with Crippen molar-refractivity contribution in [2.45, 2.75) is 18.9 Å². The summed E-state index contributed by atoms with van der Waals surface area (Å²) in [7, 11) is 0. The highest BCUT2D eigenvalue weighted by atomic mass is 35.5. The second-order valence-electron chi connectivity index (χ2n) is 5.99. The van der Waals surface area contributed by atoms with Gasteiger partial charge in [-0.3, -0.25) is 14.9 Å². The monoisotopic (exact) mass is 359 g/mol. The Bertz CT molecular complexity index is 774. The first-order valence-electron chi connectivity index (χ1n) is 8.09. The first-order chi connectivity index (χ1) is 12.0. The molecule has 130 valence electrons. The van der Waals surface area contributed by atoms with Crippen LogP contribution in [-0.2, 0) is 0 Å². The van der Waals surface area contributed by atoms with Crippen molar-refractivity contribution in [2.24, 2.45) is 0 Å². The van der Waals surface area contributed by atoms with Gasteiger partial charge in [-0.15, -0.1) is 0 Å². The maximum atomic E-state index is 12.2. The molecule has 25 heavy (non-hydrogen) atoms. The van der Waals surface area contributed by atoms with Gasteiger partial charge in [0.05, 0.1) is 4.92 Å². The molecule has 7 heteroatoms. The molecule has 0 bridgehead atoms. The van der Waals surface area contributed by atoms with Gasteiger partial charge in [0.15, 0.2) is 0 Å². The molecule has 1 amide bonds. The van der Waals surface area contributed by atoms with E-state index >= 15 is 0 Å². The highest BCUT2D eigenvalue weighted by molar-refractivity contribution is 6.30. The fraction of sp³-hybridized carbons (Fsp3) is 0.278. The Labute approximate surface area is 150 Å². The van der Waals surface area contributed by atoms with Crippen LogP contribution in [0.2, 0.25) is 5.02 Å². The Morgan fingerprint density at radius 2 is 1.84 bits per heavy atom. The van der Waals surface area contributed by atoms with Crippen LogP contribution < -0.4 is 10.2 Å². The minimum atomic E-state index is -0.412. The lowest BCUT2D eigenvalue weighted by molar-refractivity contribution is -0.384. The highest BCUT2D eigenvalue weighted by Crippen LogP contribution is 2.32. The molecular formula is C18H18ClN3O3. The van der Waals surface area contributed by atoms with Crippen molar-refractivity contribution >= 4 is 28.9 Å². The van der Waals surface area contributed by atoms with Gasteiger partial charge in [-0.05, 0) is 37.1 Å². The van der Waals surface area contributed by atoms with E-state index in [1.807, 2.05) is 23.1 Å². The summed E-state index contributed by atoms with van der Waals surface area (Å²) in [6.07, 6.45) is 1.47. The largest absolute Gasteiger partial charge is 0.366 e. The molecule has 3 rings (SSSR count). The lowest BCUT2D eigenvalue weighted by Crippen LogP contribution is -2.44. The number of hydrogen-bond donors (Lipinski definition) is 1. The average molecular weight is 360 g/mol. The van der Waals surface area contributed by atoms with Gasteiger partial charge < -0.3 is 10.2 Å². The number of hydrogen-bond acceptors (Lipinski definition) is 4. The highest BCUT2D eigenvalue weighted by Gasteiger charge is 2.26. The van der Waals surface area contributed by atoms with Crippen LogP contribution in [0.1, 0.15) is 23.2 Å². The topological polar surface area (TPSA) is 75.5 Å². The lowest BCUT2D eigenvalue weighted by Gasteiger charge is -2.33. The number of nitro benzene ring substituents is 1. The second-order valence-corrected chi connectivity index (χ2v) is 6.43. The number of nitrogens with one attached hydrogen (secondary N) is 1. The zero-order valence-electron chi connectivity index (χ0n) is 13.5. The van der Waals surface area contributed by atoms with E-state index in [4.69, 9.17) is 11.6 Å². The average Bonchev–Trinajstić information content (AvgIpc) is 2.63. The Kier molecular flexibility index (Phi) is 5.19. The zero-order chi connectivity index (χ0) is 17.8. The van der Waals surface area contributed by atoms with E-state index in [-0.39, 0.29) is 17.6 Å². The number of amides is 1. The van der Waals surface area contributed by atoms with Gasteiger partial charge in [-0.1, -0.05) is 29.8 Å². The van der Waals surface area contributed by atoms with Gasteiger partial charge in [-0.2, -0.15) is 0 Å². The van der Waals surface area contributed by atoms with E-state index in [1.165, 1.54) is 6.07 Å². The van der Waals surface area contributed by atoms with Crippen LogP contribution in [0.25, 0.3) is 0 Å². The molecule has 0 radical (unpaired) electrons. The number of rotatable bonds is 4. The molecule has 6 nitrogen and oxygen atoms in total. The predicted octanol–water partition coefficient (Wildman–Crippen LogP) is 3.65. The van der Waals surface area contributed by atoms with E-state index < -0.39 is 4.92 Å². The Morgan fingerprint density at radius 3 is 2.48 bits per heavy atom. The summed E-state index contributed by atoms with van der Waals surface area (Å²) in [5.41, 5.74) is 1.22. The summed E-state index contributed by atoms with van der Waals surface area (Å²) >= 11 is 5.87. The minimum Gasteiger partial charge on any atom is -0.366 e.